The first-order valence-electron chi connectivity index (χ1n) is 6.65. The van der Waals surface area contributed by atoms with Crippen LogP contribution in [0.3, 0.4) is 0 Å². The highest BCUT2D eigenvalue weighted by Gasteiger charge is 2.13. The second-order valence-corrected chi connectivity index (χ2v) is 5.06. The molecule has 1 amide bonds. The molecule has 0 atom stereocenters. The summed E-state index contributed by atoms with van der Waals surface area (Å²) >= 11 is 6.04. The summed E-state index contributed by atoms with van der Waals surface area (Å²) in [5.41, 5.74) is 7.47. The van der Waals surface area contributed by atoms with Gasteiger partial charge >= 0.3 is 0 Å². The van der Waals surface area contributed by atoms with Crippen LogP contribution in [-0.2, 0) is 6.54 Å². The molecule has 2 aromatic rings. The minimum absolute atomic E-state index is 0.221. The number of nitrogen functional groups attached to an aromatic ring is 1. The summed E-state index contributed by atoms with van der Waals surface area (Å²) in [5, 5.41) is 3.25. The Hall–Kier alpha value is -2.14. The molecule has 2 rings (SSSR count). The number of nitrogens with one attached hydrogen (secondary N) is 1. The number of aryl methyl sites for hydroxylation is 1. The summed E-state index contributed by atoms with van der Waals surface area (Å²) in [5.74, 6) is 0.342. The third-order valence-electron chi connectivity index (χ3n) is 3.02. The number of rotatable bonds is 5. The number of carbonyl (C=O) groups excluding carboxylic acids is 1. The number of amides is 1. The second kappa shape index (κ2) is 6.54. The molecule has 0 bridgehead atoms. The van der Waals surface area contributed by atoms with Gasteiger partial charge in [-0.2, -0.15) is 0 Å². The van der Waals surface area contributed by atoms with Gasteiger partial charge in [-0.15, -0.1) is 0 Å². The van der Waals surface area contributed by atoms with Crippen molar-refractivity contribution in [1.29, 1.82) is 0 Å². The van der Waals surface area contributed by atoms with Crippen LogP contribution in [0.25, 0.3) is 0 Å². The van der Waals surface area contributed by atoms with Crippen LogP contribution in [0.5, 0.6) is 5.75 Å². The van der Waals surface area contributed by atoms with Crippen molar-refractivity contribution in [3.8, 4) is 5.75 Å². The molecule has 0 aliphatic carbocycles. The lowest BCUT2D eigenvalue weighted by Gasteiger charge is -2.10. The quantitative estimate of drug-likeness (QED) is 0.889. The first kappa shape index (κ1) is 15.3. The lowest BCUT2D eigenvalue weighted by molar-refractivity contribution is 0.101. The summed E-state index contributed by atoms with van der Waals surface area (Å²) in [4.78, 5) is 12.3. The van der Waals surface area contributed by atoms with E-state index >= 15 is 0 Å². The minimum Gasteiger partial charge on any atom is -0.495 e. The molecule has 6 heteroatoms. The number of hydrogen-bond acceptors (Lipinski definition) is 3. The first-order valence-corrected chi connectivity index (χ1v) is 7.03. The number of aromatic nitrogens is 1. The van der Waals surface area contributed by atoms with Crippen molar-refractivity contribution in [2.75, 3.05) is 18.2 Å². The lowest BCUT2D eigenvalue weighted by atomic mass is 10.3. The molecular formula is C15H18ClN3O2. The molecule has 112 valence electrons. The number of nitrogens with zero attached hydrogens (tertiary/aromatic N) is 1. The Morgan fingerprint density at radius 1 is 1.43 bits per heavy atom. The van der Waals surface area contributed by atoms with Gasteiger partial charge in [0.1, 0.15) is 11.4 Å². The van der Waals surface area contributed by atoms with E-state index < -0.39 is 0 Å². The zero-order chi connectivity index (χ0) is 15.4. The van der Waals surface area contributed by atoms with Crippen molar-refractivity contribution in [3.63, 3.8) is 0 Å². The average molecular weight is 308 g/mol. The van der Waals surface area contributed by atoms with E-state index in [0.29, 0.717) is 27.8 Å². The molecule has 1 heterocycles. The van der Waals surface area contributed by atoms with Crippen LogP contribution in [0.1, 0.15) is 23.8 Å². The van der Waals surface area contributed by atoms with E-state index in [1.165, 1.54) is 0 Å². The molecule has 21 heavy (non-hydrogen) atoms. The van der Waals surface area contributed by atoms with E-state index in [-0.39, 0.29) is 5.91 Å². The fourth-order valence-electron chi connectivity index (χ4n) is 2.09. The van der Waals surface area contributed by atoms with E-state index in [4.69, 9.17) is 22.1 Å². The summed E-state index contributed by atoms with van der Waals surface area (Å²) in [6.07, 6.45) is 2.68. The fourth-order valence-corrected chi connectivity index (χ4v) is 2.35. The van der Waals surface area contributed by atoms with E-state index in [1.54, 1.807) is 37.6 Å². The summed E-state index contributed by atoms with van der Waals surface area (Å²) in [7, 11) is 1.54. The van der Waals surface area contributed by atoms with Gasteiger partial charge in [-0.05, 0) is 30.7 Å². The molecule has 0 aliphatic heterocycles. The van der Waals surface area contributed by atoms with Gasteiger partial charge in [-0.25, -0.2) is 0 Å². The molecule has 1 aromatic heterocycles. The van der Waals surface area contributed by atoms with Gasteiger partial charge in [0.05, 0.1) is 17.8 Å². The third kappa shape index (κ3) is 3.49. The fraction of sp³-hybridized carbons (Fsp3) is 0.267. The Balaban J connectivity index is 2.19. The standard InChI is InChI=1S/C15H18ClN3O2/c1-3-6-19-9-10(17)7-13(19)15(20)18-11-4-5-14(21-2)12(16)8-11/h4-5,7-9H,3,6,17H2,1-2H3,(H,18,20). The smallest absolute Gasteiger partial charge is 0.272 e. The van der Waals surface area contributed by atoms with Crippen LogP contribution < -0.4 is 15.8 Å². The highest BCUT2D eigenvalue weighted by Crippen LogP contribution is 2.27. The van der Waals surface area contributed by atoms with Crippen molar-refractivity contribution >= 4 is 28.9 Å². The highest BCUT2D eigenvalue weighted by molar-refractivity contribution is 6.32. The number of halogens is 1. The average Bonchev–Trinajstić information content (AvgIpc) is 2.80. The zero-order valence-corrected chi connectivity index (χ0v) is 12.8. The van der Waals surface area contributed by atoms with Crippen LogP contribution in [-0.4, -0.2) is 17.6 Å². The largest absolute Gasteiger partial charge is 0.495 e. The molecule has 3 N–H and O–H groups in total. The predicted molar refractivity (Wildman–Crippen MR) is 85.1 cm³/mol. The molecule has 0 fully saturated rings. The van der Waals surface area contributed by atoms with Gasteiger partial charge in [0.2, 0.25) is 0 Å². The number of methoxy groups -OCH3 is 1. The SMILES string of the molecule is CCCn1cc(N)cc1C(=O)Nc1ccc(OC)c(Cl)c1. The maximum Gasteiger partial charge on any atom is 0.272 e. The molecule has 5 nitrogen and oxygen atoms in total. The van der Waals surface area contributed by atoms with Gasteiger partial charge in [0, 0.05) is 18.4 Å². The van der Waals surface area contributed by atoms with Crippen LogP contribution in [0.15, 0.2) is 30.5 Å². The van der Waals surface area contributed by atoms with Gasteiger partial charge < -0.3 is 20.4 Å². The van der Waals surface area contributed by atoms with E-state index in [2.05, 4.69) is 5.32 Å². The molecular weight excluding hydrogens is 290 g/mol. The van der Waals surface area contributed by atoms with Gasteiger partial charge in [0.15, 0.2) is 0 Å². The monoisotopic (exact) mass is 307 g/mol. The van der Waals surface area contributed by atoms with Crippen molar-refractivity contribution < 1.29 is 9.53 Å². The maximum atomic E-state index is 12.3. The number of anilines is 2. The molecule has 0 saturated carbocycles. The molecule has 0 radical (unpaired) electrons. The predicted octanol–water partition coefficient (Wildman–Crippen LogP) is 3.39. The summed E-state index contributed by atoms with van der Waals surface area (Å²) < 4.78 is 6.92. The number of ether oxygens (including phenoxy) is 1. The van der Waals surface area contributed by atoms with E-state index in [9.17, 15) is 4.79 Å². The Kier molecular flexibility index (Phi) is 4.75. The number of benzene rings is 1. The van der Waals surface area contributed by atoms with Crippen molar-refractivity contribution in [3.05, 3.63) is 41.2 Å². The number of hydrogen-bond donors (Lipinski definition) is 2. The van der Waals surface area contributed by atoms with E-state index in [0.717, 1.165) is 13.0 Å². The minimum atomic E-state index is -0.221. The number of carbonyl (C=O) groups is 1. The third-order valence-corrected chi connectivity index (χ3v) is 3.32. The van der Waals surface area contributed by atoms with Gasteiger partial charge in [0.25, 0.3) is 5.91 Å². The van der Waals surface area contributed by atoms with Crippen molar-refractivity contribution in [2.24, 2.45) is 0 Å². The molecule has 1 aromatic carbocycles. The van der Waals surface area contributed by atoms with Crippen LogP contribution in [0, 0.1) is 0 Å². The molecule has 0 spiro atoms. The Morgan fingerprint density at radius 2 is 2.19 bits per heavy atom. The van der Waals surface area contributed by atoms with Crippen LogP contribution in [0.4, 0.5) is 11.4 Å². The number of nitrogens with two attached hydrogens (primary N) is 1. The Bertz CT molecular complexity index is 652. The molecule has 0 saturated heterocycles. The van der Waals surface area contributed by atoms with Gasteiger partial charge in [-0.1, -0.05) is 18.5 Å². The normalized spacial score (nSPS) is 10.4. The summed E-state index contributed by atoms with van der Waals surface area (Å²) in [6.45, 7) is 2.78. The van der Waals surface area contributed by atoms with Gasteiger partial charge in [-0.3, -0.25) is 4.79 Å². The Labute approximate surface area is 128 Å². The topological polar surface area (TPSA) is 69.3 Å². The zero-order valence-electron chi connectivity index (χ0n) is 12.0. The molecule has 0 aliphatic rings. The highest BCUT2D eigenvalue weighted by atomic mass is 35.5. The van der Waals surface area contributed by atoms with Crippen LogP contribution in [0.2, 0.25) is 5.02 Å². The van der Waals surface area contributed by atoms with Crippen molar-refractivity contribution in [2.45, 2.75) is 19.9 Å². The summed E-state index contributed by atoms with van der Waals surface area (Å²) in [6, 6.07) is 6.75. The lowest BCUT2D eigenvalue weighted by Crippen LogP contribution is -2.16. The van der Waals surface area contributed by atoms with E-state index in [1.807, 2.05) is 11.5 Å². The van der Waals surface area contributed by atoms with Crippen LogP contribution >= 0.6 is 11.6 Å². The Morgan fingerprint density at radius 3 is 2.81 bits per heavy atom. The van der Waals surface area contributed by atoms with Crippen molar-refractivity contribution in [1.82, 2.24) is 4.57 Å². The molecule has 0 unspecified atom stereocenters. The maximum absolute atomic E-state index is 12.3. The second-order valence-electron chi connectivity index (χ2n) is 4.66. The first-order chi connectivity index (χ1) is 10.0.